The van der Waals surface area contributed by atoms with Gasteiger partial charge in [0, 0.05) is 31.0 Å². The van der Waals surface area contributed by atoms with Gasteiger partial charge >= 0.3 is 0 Å². The highest BCUT2D eigenvalue weighted by Crippen LogP contribution is 2.20. The predicted octanol–water partition coefficient (Wildman–Crippen LogP) is 4.86. The second-order valence-electron chi connectivity index (χ2n) is 6.81. The zero-order valence-electron chi connectivity index (χ0n) is 17.6. The summed E-state index contributed by atoms with van der Waals surface area (Å²) in [4.78, 5) is 2.74. The standard InChI is InChI=1S/C13H19N3S.C9H13N/c1-5-11-7-12(13(14)6-8(11)2)9(3)15-16-10(4)17;1-8-4-6-9(7-5-8)10(2)3/h6-7H,5,14H2,1-4H3,(H,16,17);4-7H,1-3H3/b15-9+;. The highest BCUT2D eigenvalue weighted by molar-refractivity contribution is 7.80. The fourth-order valence-electron chi connectivity index (χ4n) is 2.54. The molecule has 0 spiro atoms. The van der Waals surface area contributed by atoms with Crippen LogP contribution in [0, 0.1) is 13.8 Å². The van der Waals surface area contributed by atoms with Crippen molar-refractivity contribution in [2.45, 2.75) is 41.0 Å². The minimum absolute atomic E-state index is 0.644. The van der Waals surface area contributed by atoms with Crippen molar-refractivity contribution < 1.29 is 0 Å². The third-order valence-corrected chi connectivity index (χ3v) is 4.30. The Morgan fingerprint density at radius 1 is 1.11 bits per heavy atom. The van der Waals surface area contributed by atoms with Gasteiger partial charge in [-0.3, -0.25) is 5.43 Å². The third kappa shape index (κ3) is 7.39. The first-order chi connectivity index (χ1) is 12.6. The molecule has 2 aromatic carbocycles. The van der Waals surface area contributed by atoms with Gasteiger partial charge in [-0.05, 0) is 69.5 Å². The van der Waals surface area contributed by atoms with E-state index in [2.05, 4.69) is 66.5 Å². The molecule has 0 radical (unpaired) electrons. The van der Waals surface area contributed by atoms with Crippen LogP contribution in [0.15, 0.2) is 41.5 Å². The number of hydrazone groups is 1. The molecule has 2 aromatic rings. The molecule has 0 saturated heterocycles. The number of hydrogen-bond donors (Lipinski definition) is 2. The number of rotatable bonds is 4. The Morgan fingerprint density at radius 2 is 1.70 bits per heavy atom. The number of nitrogens with two attached hydrogens (primary N) is 1. The largest absolute Gasteiger partial charge is 0.398 e. The highest BCUT2D eigenvalue weighted by Gasteiger charge is 2.07. The van der Waals surface area contributed by atoms with E-state index in [4.69, 9.17) is 18.0 Å². The Bertz CT molecular complexity index is 793. The molecule has 0 heterocycles. The first-order valence-electron chi connectivity index (χ1n) is 9.09. The average molecular weight is 385 g/mol. The van der Waals surface area contributed by atoms with Gasteiger partial charge in [-0.1, -0.05) is 36.8 Å². The van der Waals surface area contributed by atoms with Crippen molar-refractivity contribution in [2.24, 2.45) is 5.10 Å². The van der Waals surface area contributed by atoms with Gasteiger partial charge in [0.1, 0.15) is 0 Å². The molecule has 146 valence electrons. The number of nitrogens with zero attached hydrogens (tertiary/aromatic N) is 2. The predicted molar refractivity (Wildman–Crippen MR) is 124 cm³/mol. The lowest BCUT2D eigenvalue weighted by molar-refractivity contribution is 1.03. The molecule has 2 rings (SSSR count). The van der Waals surface area contributed by atoms with Gasteiger partial charge in [0.15, 0.2) is 0 Å². The number of anilines is 2. The number of thiocarbonyl (C=S) groups is 1. The van der Waals surface area contributed by atoms with Crippen molar-refractivity contribution in [3.63, 3.8) is 0 Å². The van der Waals surface area contributed by atoms with Gasteiger partial charge < -0.3 is 10.6 Å². The number of benzene rings is 2. The topological polar surface area (TPSA) is 53.6 Å². The van der Waals surface area contributed by atoms with E-state index >= 15 is 0 Å². The zero-order valence-corrected chi connectivity index (χ0v) is 18.4. The van der Waals surface area contributed by atoms with E-state index in [9.17, 15) is 0 Å². The smallest absolute Gasteiger partial charge is 0.0930 e. The van der Waals surface area contributed by atoms with Crippen LogP contribution >= 0.6 is 12.2 Å². The summed E-state index contributed by atoms with van der Waals surface area (Å²) in [5.74, 6) is 0. The molecule has 0 atom stereocenters. The molecule has 0 aromatic heterocycles. The summed E-state index contributed by atoms with van der Waals surface area (Å²) in [5, 5.41) is 4.21. The number of nitrogens with one attached hydrogen (secondary N) is 1. The highest BCUT2D eigenvalue weighted by atomic mass is 32.1. The molecular formula is C22H32N4S. The van der Waals surface area contributed by atoms with Crippen LogP contribution in [-0.2, 0) is 6.42 Å². The van der Waals surface area contributed by atoms with Crippen LogP contribution in [0.25, 0.3) is 0 Å². The lowest BCUT2D eigenvalue weighted by atomic mass is 9.99. The Morgan fingerprint density at radius 3 is 2.19 bits per heavy atom. The van der Waals surface area contributed by atoms with E-state index in [1.54, 1.807) is 6.92 Å². The van der Waals surface area contributed by atoms with Crippen LogP contribution in [0.1, 0.15) is 43.0 Å². The van der Waals surface area contributed by atoms with Gasteiger partial charge in [-0.25, -0.2) is 0 Å². The van der Waals surface area contributed by atoms with Gasteiger partial charge in [0.05, 0.1) is 10.7 Å². The monoisotopic (exact) mass is 384 g/mol. The van der Waals surface area contributed by atoms with E-state index < -0.39 is 0 Å². The summed E-state index contributed by atoms with van der Waals surface area (Å²) in [6.07, 6.45) is 0.992. The van der Waals surface area contributed by atoms with Gasteiger partial charge in [0.2, 0.25) is 0 Å². The summed E-state index contributed by atoms with van der Waals surface area (Å²) in [6, 6.07) is 12.6. The summed E-state index contributed by atoms with van der Waals surface area (Å²) < 4.78 is 0. The summed E-state index contributed by atoms with van der Waals surface area (Å²) in [6.45, 7) is 10.0. The average Bonchev–Trinajstić information content (AvgIpc) is 2.60. The van der Waals surface area contributed by atoms with Crippen molar-refractivity contribution in [1.29, 1.82) is 0 Å². The molecule has 0 saturated carbocycles. The Hall–Kier alpha value is -2.40. The summed E-state index contributed by atoms with van der Waals surface area (Å²) in [7, 11) is 4.09. The van der Waals surface area contributed by atoms with Crippen molar-refractivity contribution in [2.75, 3.05) is 24.7 Å². The molecule has 4 nitrogen and oxygen atoms in total. The van der Waals surface area contributed by atoms with E-state index in [1.165, 1.54) is 22.4 Å². The number of aryl methyl sites for hydroxylation is 3. The normalized spacial score (nSPS) is 10.7. The lowest BCUT2D eigenvalue weighted by Gasteiger charge is -2.11. The molecule has 0 amide bonds. The molecule has 3 N–H and O–H groups in total. The summed E-state index contributed by atoms with van der Waals surface area (Å²) in [5.41, 5.74) is 16.5. The van der Waals surface area contributed by atoms with Crippen molar-refractivity contribution in [3.05, 3.63) is 58.7 Å². The van der Waals surface area contributed by atoms with Gasteiger partial charge in [-0.2, -0.15) is 5.10 Å². The zero-order chi connectivity index (χ0) is 20.6. The molecule has 0 aliphatic heterocycles. The molecular weight excluding hydrogens is 352 g/mol. The minimum atomic E-state index is 0.644. The molecule has 0 aliphatic carbocycles. The van der Waals surface area contributed by atoms with Crippen LogP contribution < -0.4 is 16.1 Å². The molecule has 5 heteroatoms. The molecule has 0 aliphatic rings. The van der Waals surface area contributed by atoms with Crippen LogP contribution in [0.3, 0.4) is 0 Å². The maximum atomic E-state index is 6.01. The van der Waals surface area contributed by atoms with Gasteiger partial charge in [-0.15, -0.1) is 0 Å². The first kappa shape index (κ1) is 22.6. The number of hydrogen-bond acceptors (Lipinski definition) is 4. The fourth-order valence-corrected chi connectivity index (χ4v) is 2.58. The maximum absolute atomic E-state index is 6.01. The third-order valence-electron chi connectivity index (χ3n) is 4.21. The van der Waals surface area contributed by atoms with E-state index in [0.717, 1.165) is 23.4 Å². The van der Waals surface area contributed by atoms with Crippen LogP contribution in [0.5, 0.6) is 0 Å². The summed E-state index contributed by atoms with van der Waals surface area (Å²) >= 11 is 4.92. The van der Waals surface area contributed by atoms with Crippen molar-refractivity contribution in [3.8, 4) is 0 Å². The Kier molecular flexibility index (Phi) is 8.95. The molecule has 0 fully saturated rings. The van der Waals surface area contributed by atoms with E-state index in [1.807, 2.05) is 27.1 Å². The maximum Gasteiger partial charge on any atom is 0.0930 e. The van der Waals surface area contributed by atoms with E-state index in [-0.39, 0.29) is 0 Å². The quantitative estimate of drug-likeness (QED) is 0.342. The molecule has 0 unspecified atom stereocenters. The van der Waals surface area contributed by atoms with Crippen LogP contribution in [0.4, 0.5) is 11.4 Å². The Labute approximate surface area is 169 Å². The number of nitrogen functional groups attached to an aromatic ring is 1. The van der Waals surface area contributed by atoms with E-state index in [0.29, 0.717) is 4.99 Å². The van der Waals surface area contributed by atoms with Crippen LogP contribution in [0.2, 0.25) is 0 Å². The molecule has 0 bridgehead atoms. The van der Waals surface area contributed by atoms with Crippen molar-refractivity contribution in [1.82, 2.24) is 5.43 Å². The SMILES string of the molecule is CCc1cc(/C(C)=N/NC(C)=S)c(N)cc1C.Cc1ccc(N(C)C)cc1. The minimum Gasteiger partial charge on any atom is -0.398 e. The second-order valence-corrected chi connectivity index (χ2v) is 7.43. The fraction of sp³-hybridized carbons (Fsp3) is 0.364. The first-order valence-corrected chi connectivity index (χ1v) is 9.50. The Balaban J connectivity index is 0.000000309. The van der Waals surface area contributed by atoms with Crippen molar-refractivity contribution >= 4 is 34.3 Å². The van der Waals surface area contributed by atoms with Gasteiger partial charge in [0.25, 0.3) is 0 Å². The van der Waals surface area contributed by atoms with Crippen LogP contribution in [-0.4, -0.2) is 24.8 Å². The lowest BCUT2D eigenvalue weighted by Crippen LogP contribution is -2.14. The second kappa shape index (κ2) is 10.7. The molecule has 27 heavy (non-hydrogen) atoms.